The molecule has 7 atom stereocenters. The highest BCUT2D eigenvalue weighted by atomic mass is 19.1. The van der Waals surface area contributed by atoms with Crippen molar-refractivity contribution in [3.05, 3.63) is 0 Å². The van der Waals surface area contributed by atoms with E-state index in [9.17, 15) is 14.7 Å². The summed E-state index contributed by atoms with van der Waals surface area (Å²) < 4.78 is 16.6. The van der Waals surface area contributed by atoms with Gasteiger partial charge in [-0.3, -0.25) is 9.59 Å². The van der Waals surface area contributed by atoms with Crippen LogP contribution in [0.15, 0.2) is 0 Å². The third-order valence-corrected chi connectivity index (χ3v) is 8.88. The summed E-state index contributed by atoms with van der Waals surface area (Å²) in [7, 11) is 0. The zero-order chi connectivity index (χ0) is 17.5. The Bertz CT molecular complexity index is 614. The van der Waals surface area contributed by atoms with Gasteiger partial charge in [0, 0.05) is 36.0 Å². The average Bonchev–Trinajstić information content (AvgIpc) is 2.72. The molecule has 7 unspecified atom stereocenters. The molecule has 4 fully saturated rings. The molecule has 4 heteroatoms. The Hall–Kier alpha value is -0.770. The van der Waals surface area contributed by atoms with Crippen LogP contribution in [0.3, 0.4) is 0 Å². The number of carbonyl (C=O) groups excluding carboxylic acids is 2. The van der Waals surface area contributed by atoms with Crippen molar-refractivity contribution in [2.75, 3.05) is 0 Å². The number of fused-ring (bicyclic) bond motifs is 5. The molecule has 4 aliphatic rings. The normalized spacial score (nSPS) is 57.3. The molecular weight excluding hydrogens is 307 g/mol. The van der Waals surface area contributed by atoms with E-state index in [-0.39, 0.29) is 35.7 Å². The first-order valence-electron chi connectivity index (χ1n) is 9.52. The highest BCUT2D eigenvalue weighted by Gasteiger charge is 2.73. The number of aliphatic hydroxyl groups is 1. The van der Waals surface area contributed by atoms with Crippen molar-refractivity contribution in [3.63, 3.8) is 0 Å². The van der Waals surface area contributed by atoms with Crippen molar-refractivity contribution in [2.24, 2.45) is 28.6 Å². The van der Waals surface area contributed by atoms with Crippen molar-refractivity contribution in [2.45, 2.75) is 83.4 Å². The third-order valence-electron chi connectivity index (χ3n) is 8.88. The lowest BCUT2D eigenvalue weighted by Crippen LogP contribution is -2.68. The van der Waals surface area contributed by atoms with E-state index in [0.717, 1.165) is 12.8 Å². The Kier molecular flexibility index (Phi) is 3.26. The van der Waals surface area contributed by atoms with Gasteiger partial charge in [0.25, 0.3) is 0 Å². The smallest absolute Gasteiger partial charge is 0.177 e. The number of hydrogen-bond acceptors (Lipinski definition) is 3. The standard InChI is InChI=1S/C20H29FO3/c1-17-8-6-13(22)10-12(17)4-5-15-14-7-9-19(3,24)18(14,2)11-16(23)20(15,17)21/h12,14-15,24H,4-11H2,1-3H3. The van der Waals surface area contributed by atoms with Gasteiger partial charge in [-0.05, 0) is 50.9 Å². The first kappa shape index (κ1) is 16.7. The van der Waals surface area contributed by atoms with Crippen molar-refractivity contribution in [1.82, 2.24) is 0 Å². The topological polar surface area (TPSA) is 54.4 Å². The predicted molar refractivity (Wildman–Crippen MR) is 88.1 cm³/mol. The van der Waals surface area contributed by atoms with Gasteiger partial charge in [-0.15, -0.1) is 0 Å². The molecular formula is C20H29FO3. The molecule has 24 heavy (non-hydrogen) atoms. The predicted octanol–water partition coefficient (Wildman–Crippen LogP) is 3.62. The Labute approximate surface area is 143 Å². The molecule has 0 amide bonds. The van der Waals surface area contributed by atoms with E-state index in [2.05, 4.69) is 0 Å². The fourth-order valence-electron chi connectivity index (χ4n) is 6.98. The molecule has 134 valence electrons. The minimum absolute atomic E-state index is 0.00443. The Morgan fingerprint density at radius 1 is 1.00 bits per heavy atom. The maximum absolute atomic E-state index is 16.6. The van der Waals surface area contributed by atoms with Crippen molar-refractivity contribution in [1.29, 1.82) is 0 Å². The van der Waals surface area contributed by atoms with Crippen LogP contribution in [0, 0.1) is 28.6 Å². The second-order valence-electron chi connectivity index (χ2n) is 9.69. The van der Waals surface area contributed by atoms with E-state index >= 15 is 4.39 Å². The molecule has 4 aliphatic carbocycles. The van der Waals surface area contributed by atoms with Crippen molar-refractivity contribution >= 4 is 11.6 Å². The van der Waals surface area contributed by atoms with Gasteiger partial charge in [-0.25, -0.2) is 4.39 Å². The number of hydrogen-bond donors (Lipinski definition) is 1. The maximum atomic E-state index is 16.6. The van der Waals surface area contributed by atoms with Crippen LogP contribution in [-0.4, -0.2) is 27.9 Å². The van der Waals surface area contributed by atoms with E-state index in [1.54, 1.807) is 0 Å². The summed E-state index contributed by atoms with van der Waals surface area (Å²) in [6, 6.07) is 0. The summed E-state index contributed by atoms with van der Waals surface area (Å²) in [5, 5.41) is 10.9. The molecule has 0 aliphatic heterocycles. The maximum Gasteiger partial charge on any atom is 0.177 e. The zero-order valence-electron chi connectivity index (χ0n) is 15.0. The summed E-state index contributed by atoms with van der Waals surface area (Å²) in [5.74, 6) is -0.334. The van der Waals surface area contributed by atoms with Crippen LogP contribution in [0.1, 0.15) is 72.1 Å². The second kappa shape index (κ2) is 4.69. The highest BCUT2D eigenvalue weighted by Crippen LogP contribution is 2.69. The second-order valence-corrected chi connectivity index (χ2v) is 9.69. The van der Waals surface area contributed by atoms with Crippen molar-refractivity contribution in [3.8, 4) is 0 Å². The van der Waals surface area contributed by atoms with Crippen LogP contribution in [0.4, 0.5) is 4.39 Å². The Morgan fingerprint density at radius 2 is 1.71 bits per heavy atom. The summed E-state index contributed by atoms with van der Waals surface area (Å²) >= 11 is 0. The molecule has 0 spiro atoms. The fraction of sp³-hybridized carbons (Fsp3) is 0.900. The van der Waals surface area contributed by atoms with Gasteiger partial charge in [-0.2, -0.15) is 0 Å². The molecule has 1 N–H and O–H groups in total. The van der Waals surface area contributed by atoms with E-state index in [4.69, 9.17) is 0 Å². The number of rotatable bonds is 0. The molecule has 0 aromatic rings. The van der Waals surface area contributed by atoms with Crippen molar-refractivity contribution < 1.29 is 19.1 Å². The largest absolute Gasteiger partial charge is 0.390 e. The van der Waals surface area contributed by atoms with E-state index < -0.39 is 22.1 Å². The van der Waals surface area contributed by atoms with Gasteiger partial charge in [0.2, 0.25) is 0 Å². The molecule has 3 nitrogen and oxygen atoms in total. The Morgan fingerprint density at radius 3 is 2.42 bits per heavy atom. The lowest BCUT2D eigenvalue weighted by molar-refractivity contribution is -0.205. The summed E-state index contributed by atoms with van der Waals surface area (Å²) in [6.07, 6.45) is 4.41. The summed E-state index contributed by atoms with van der Waals surface area (Å²) in [5.41, 5.74) is -3.94. The molecule has 0 radical (unpaired) electrons. The lowest BCUT2D eigenvalue weighted by atomic mass is 9.42. The number of ketones is 2. The van der Waals surface area contributed by atoms with Gasteiger partial charge in [0.15, 0.2) is 11.5 Å². The van der Waals surface area contributed by atoms with E-state index in [0.29, 0.717) is 32.1 Å². The fourth-order valence-corrected chi connectivity index (χ4v) is 6.98. The van der Waals surface area contributed by atoms with Crippen LogP contribution >= 0.6 is 0 Å². The van der Waals surface area contributed by atoms with Gasteiger partial charge in [0.05, 0.1) is 5.60 Å². The van der Waals surface area contributed by atoms with Crippen LogP contribution in [-0.2, 0) is 9.59 Å². The first-order chi connectivity index (χ1) is 11.1. The molecule has 0 aromatic carbocycles. The minimum atomic E-state index is -1.82. The summed E-state index contributed by atoms with van der Waals surface area (Å²) in [6.45, 7) is 5.73. The monoisotopic (exact) mass is 336 g/mol. The average molecular weight is 336 g/mol. The van der Waals surface area contributed by atoms with Gasteiger partial charge in [-0.1, -0.05) is 13.8 Å². The van der Waals surface area contributed by atoms with E-state index in [1.165, 1.54) is 0 Å². The molecule has 0 heterocycles. The van der Waals surface area contributed by atoms with Gasteiger partial charge < -0.3 is 5.11 Å². The molecule has 0 bridgehead atoms. The SMILES string of the molecule is CC1(O)CCC2C3CCC4CC(=O)CCC4(C)C3(F)C(=O)CC21C. The quantitative estimate of drug-likeness (QED) is 0.735. The molecule has 4 rings (SSSR count). The molecule has 4 saturated carbocycles. The first-order valence-corrected chi connectivity index (χ1v) is 9.52. The highest BCUT2D eigenvalue weighted by molar-refractivity contribution is 5.91. The number of halogens is 1. The number of Topliss-reactive ketones (excluding diaryl/α,β-unsaturated/α-hetero) is 2. The van der Waals surface area contributed by atoms with Crippen LogP contribution in [0.5, 0.6) is 0 Å². The van der Waals surface area contributed by atoms with E-state index in [1.807, 2.05) is 20.8 Å². The number of carbonyl (C=O) groups is 2. The van der Waals surface area contributed by atoms with Gasteiger partial charge >= 0.3 is 0 Å². The van der Waals surface area contributed by atoms with Crippen LogP contribution in [0.2, 0.25) is 0 Å². The minimum Gasteiger partial charge on any atom is -0.390 e. The number of alkyl halides is 1. The molecule has 0 aromatic heterocycles. The lowest BCUT2D eigenvalue weighted by Gasteiger charge is -2.62. The summed E-state index contributed by atoms with van der Waals surface area (Å²) in [4.78, 5) is 25.0. The Balaban J connectivity index is 1.79. The molecule has 0 saturated heterocycles. The van der Waals surface area contributed by atoms with Gasteiger partial charge in [0.1, 0.15) is 5.78 Å². The van der Waals surface area contributed by atoms with Crippen LogP contribution in [0.25, 0.3) is 0 Å². The van der Waals surface area contributed by atoms with Crippen LogP contribution < -0.4 is 0 Å². The third kappa shape index (κ3) is 1.71. The zero-order valence-corrected chi connectivity index (χ0v) is 15.0.